The Labute approximate surface area is 104 Å². The van der Waals surface area contributed by atoms with Crippen LogP contribution in [0.4, 0.5) is 5.69 Å². The highest BCUT2D eigenvalue weighted by atomic mass is 32.1. The van der Waals surface area contributed by atoms with E-state index in [9.17, 15) is 4.79 Å². The van der Waals surface area contributed by atoms with Gasteiger partial charge in [0.2, 0.25) is 5.91 Å². The van der Waals surface area contributed by atoms with E-state index >= 15 is 0 Å². The van der Waals surface area contributed by atoms with Gasteiger partial charge in [-0.05, 0) is 32.0 Å². The van der Waals surface area contributed by atoms with Crippen LogP contribution in [-0.2, 0) is 4.79 Å². The standard InChI is InChI=1S/C12H15N3OS/c1-3-13-12(16)8(2)15-9-4-5-10-11(6-9)17-7-14-10/h4-8,15H,3H2,1-2H3,(H,13,16). The average molecular weight is 249 g/mol. The van der Waals surface area contributed by atoms with Crippen molar-refractivity contribution >= 4 is 33.1 Å². The van der Waals surface area contributed by atoms with Crippen LogP contribution in [0, 0.1) is 0 Å². The van der Waals surface area contributed by atoms with Gasteiger partial charge >= 0.3 is 0 Å². The van der Waals surface area contributed by atoms with Gasteiger partial charge in [-0.15, -0.1) is 11.3 Å². The van der Waals surface area contributed by atoms with Crippen molar-refractivity contribution in [2.75, 3.05) is 11.9 Å². The molecule has 0 saturated heterocycles. The highest BCUT2D eigenvalue weighted by Crippen LogP contribution is 2.22. The van der Waals surface area contributed by atoms with Crippen molar-refractivity contribution in [3.05, 3.63) is 23.7 Å². The molecule has 2 rings (SSSR count). The Morgan fingerprint density at radius 3 is 3.12 bits per heavy atom. The third kappa shape index (κ3) is 2.74. The molecule has 90 valence electrons. The summed E-state index contributed by atoms with van der Waals surface area (Å²) in [7, 11) is 0. The SMILES string of the molecule is CCNC(=O)C(C)Nc1ccc2ncsc2c1. The Kier molecular flexibility index (Phi) is 3.58. The first-order valence-electron chi connectivity index (χ1n) is 5.58. The first kappa shape index (κ1) is 11.9. The van der Waals surface area contributed by atoms with Crippen molar-refractivity contribution in [2.45, 2.75) is 19.9 Å². The largest absolute Gasteiger partial charge is 0.374 e. The van der Waals surface area contributed by atoms with E-state index in [-0.39, 0.29) is 11.9 Å². The molecule has 0 aliphatic rings. The van der Waals surface area contributed by atoms with Crippen molar-refractivity contribution < 1.29 is 4.79 Å². The van der Waals surface area contributed by atoms with Crippen LogP contribution >= 0.6 is 11.3 Å². The highest BCUT2D eigenvalue weighted by Gasteiger charge is 2.11. The lowest BCUT2D eigenvalue weighted by Crippen LogP contribution is -2.37. The van der Waals surface area contributed by atoms with Crippen molar-refractivity contribution in [1.29, 1.82) is 0 Å². The summed E-state index contributed by atoms with van der Waals surface area (Å²) in [6, 6.07) is 5.68. The summed E-state index contributed by atoms with van der Waals surface area (Å²) in [4.78, 5) is 15.8. The number of thiazole rings is 1. The lowest BCUT2D eigenvalue weighted by molar-refractivity contribution is -0.121. The number of nitrogens with zero attached hydrogens (tertiary/aromatic N) is 1. The molecule has 1 atom stereocenters. The van der Waals surface area contributed by atoms with Gasteiger partial charge in [0.05, 0.1) is 15.7 Å². The van der Waals surface area contributed by atoms with Crippen LogP contribution in [0.3, 0.4) is 0 Å². The van der Waals surface area contributed by atoms with Gasteiger partial charge in [-0.1, -0.05) is 0 Å². The predicted octanol–water partition coefficient (Wildman–Crippen LogP) is 2.23. The Balaban J connectivity index is 2.09. The number of nitrogens with one attached hydrogen (secondary N) is 2. The maximum absolute atomic E-state index is 11.6. The van der Waals surface area contributed by atoms with Crippen LogP contribution in [-0.4, -0.2) is 23.5 Å². The molecule has 0 saturated carbocycles. The van der Waals surface area contributed by atoms with E-state index in [0.717, 1.165) is 15.9 Å². The summed E-state index contributed by atoms with van der Waals surface area (Å²) in [6.45, 7) is 4.41. The molecule has 17 heavy (non-hydrogen) atoms. The van der Waals surface area contributed by atoms with E-state index in [2.05, 4.69) is 15.6 Å². The number of hydrogen-bond acceptors (Lipinski definition) is 4. The second-order valence-electron chi connectivity index (χ2n) is 3.80. The summed E-state index contributed by atoms with van der Waals surface area (Å²) in [5, 5.41) is 5.96. The van der Waals surface area contributed by atoms with E-state index in [1.165, 1.54) is 0 Å². The molecular weight excluding hydrogens is 234 g/mol. The monoisotopic (exact) mass is 249 g/mol. The van der Waals surface area contributed by atoms with E-state index in [1.54, 1.807) is 11.3 Å². The molecule has 4 nitrogen and oxygen atoms in total. The van der Waals surface area contributed by atoms with Gasteiger partial charge in [0.25, 0.3) is 0 Å². The summed E-state index contributed by atoms with van der Waals surface area (Å²) in [6.07, 6.45) is 0. The zero-order valence-electron chi connectivity index (χ0n) is 9.86. The second-order valence-corrected chi connectivity index (χ2v) is 4.68. The third-order valence-corrected chi connectivity index (χ3v) is 3.25. The van der Waals surface area contributed by atoms with Crippen LogP contribution < -0.4 is 10.6 Å². The molecule has 0 aliphatic carbocycles. The molecular formula is C12H15N3OS. The average Bonchev–Trinajstić information content (AvgIpc) is 2.76. The van der Waals surface area contributed by atoms with Gasteiger partial charge < -0.3 is 10.6 Å². The lowest BCUT2D eigenvalue weighted by Gasteiger charge is -2.14. The second kappa shape index (κ2) is 5.14. The minimum Gasteiger partial charge on any atom is -0.374 e. The first-order valence-corrected chi connectivity index (χ1v) is 6.46. The molecule has 0 spiro atoms. The number of likely N-dealkylation sites (N-methyl/N-ethyl adjacent to an activating group) is 1. The number of anilines is 1. The Morgan fingerprint density at radius 1 is 1.53 bits per heavy atom. The van der Waals surface area contributed by atoms with E-state index in [4.69, 9.17) is 0 Å². The predicted molar refractivity (Wildman–Crippen MR) is 71.4 cm³/mol. The van der Waals surface area contributed by atoms with Crippen molar-refractivity contribution in [2.24, 2.45) is 0 Å². The van der Waals surface area contributed by atoms with Crippen LogP contribution in [0.2, 0.25) is 0 Å². The van der Waals surface area contributed by atoms with Crippen LogP contribution in [0.1, 0.15) is 13.8 Å². The van der Waals surface area contributed by atoms with Crippen molar-refractivity contribution in [3.63, 3.8) is 0 Å². The number of carbonyl (C=O) groups is 1. The number of fused-ring (bicyclic) bond motifs is 1. The summed E-state index contributed by atoms with van der Waals surface area (Å²) < 4.78 is 1.12. The Morgan fingerprint density at radius 2 is 2.35 bits per heavy atom. The van der Waals surface area contributed by atoms with Gasteiger partial charge in [0.15, 0.2) is 0 Å². The number of aromatic nitrogens is 1. The fraction of sp³-hybridized carbons (Fsp3) is 0.333. The topological polar surface area (TPSA) is 54.0 Å². The molecule has 1 unspecified atom stereocenters. The first-order chi connectivity index (χ1) is 8.20. The zero-order chi connectivity index (χ0) is 12.3. The molecule has 0 radical (unpaired) electrons. The molecule has 0 bridgehead atoms. The van der Waals surface area contributed by atoms with Gasteiger partial charge in [-0.25, -0.2) is 4.98 Å². The molecule has 0 aliphatic heterocycles. The Hall–Kier alpha value is -1.62. The quantitative estimate of drug-likeness (QED) is 0.873. The van der Waals surface area contributed by atoms with Crippen LogP contribution in [0.5, 0.6) is 0 Å². The van der Waals surface area contributed by atoms with Gasteiger partial charge in [0.1, 0.15) is 6.04 Å². The van der Waals surface area contributed by atoms with Crippen LogP contribution in [0.25, 0.3) is 10.2 Å². The molecule has 1 amide bonds. The number of rotatable bonds is 4. The zero-order valence-corrected chi connectivity index (χ0v) is 10.7. The smallest absolute Gasteiger partial charge is 0.242 e. The number of amides is 1. The maximum atomic E-state index is 11.6. The molecule has 0 fully saturated rings. The van der Waals surface area contributed by atoms with Gasteiger partial charge in [-0.2, -0.15) is 0 Å². The summed E-state index contributed by atoms with van der Waals surface area (Å²) >= 11 is 1.60. The maximum Gasteiger partial charge on any atom is 0.242 e. The Bertz CT molecular complexity index is 523. The van der Waals surface area contributed by atoms with E-state index in [0.29, 0.717) is 6.54 Å². The van der Waals surface area contributed by atoms with Crippen LogP contribution in [0.15, 0.2) is 23.7 Å². The summed E-state index contributed by atoms with van der Waals surface area (Å²) in [5.74, 6) is 0.0110. The molecule has 1 heterocycles. The number of hydrogen-bond donors (Lipinski definition) is 2. The van der Waals surface area contributed by atoms with Gasteiger partial charge in [0, 0.05) is 12.2 Å². The molecule has 2 aromatic rings. The minimum atomic E-state index is -0.236. The fourth-order valence-electron chi connectivity index (χ4n) is 1.59. The number of carbonyl (C=O) groups excluding carboxylic acids is 1. The normalized spacial score (nSPS) is 12.4. The highest BCUT2D eigenvalue weighted by molar-refractivity contribution is 7.16. The molecule has 5 heteroatoms. The van der Waals surface area contributed by atoms with E-state index < -0.39 is 0 Å². The minimum absolute atomic E-state index is 0.0110. The lowest BCUT2D eigenvalue weighted by atomic mass is 10.2. The fourth-order valence-corrected chi connectivity index (χ4v) is 2.30. The molecule has 2 N–H and O–H groups in total. The van der Waals surface area contributed by atoms with Gasteiger partial charge in [-0.3, -0.25) is 4.79 Å². The molecule has 1 aromatic carbocycles. The number of benzene rings is 1. The van der Waals surface area contributed by atoms with E-state index in [1.807, 2.05) is 37.6 Å². The molecule has 1 aromatic heterocycles. The van der Waals surface area contributed by atoms with Crippen molar-refractivity contribution in [3.8, 4) is 0 Å². The summed E-state index contributed by atoms with van der Waals surface area (Å²) in [5.41, 5.74) is 3.76. The van der Waals surface area contributed by atoms with Crippen molar-refractivity contribution in [1.82, 2.24) is 10.3 Å². The third-order valence-electron chi connectivity index (χ3n) is 2.46.